The van der Waals surface area contributed by atoms with E-state index in [1.54, 1.807) is 16.4 Å². The zero-order chi connectivity index (χ0) is 14.9. The fraction of sp³-hybridized carbons (Fsp3) is 0.733. The van der Waals surface area contributed by atoms with Crippen molar-refractivity contribution in [2.24, 2.45) is 11.8 Å². The Morgan fingerprint density at radius 3 is 2.33 bits per heavy atom. The molecule has 0 saturated heterocycles. The average Bonchev–Trinajstić information content (AvgIpc) is 3.38. The van der Waals surface area contributed by atoms with E-state index in [0.29, 0.717) is 37.2 Å². The first-order valence-corrected chi connectivity index (χ1v) is 9.33. The molecular formula is C15H24N2O3S. The highest BCUT2D eigenvalue weighted by molar-refractivity contribution is 7.89. The van der Waals surface area contributed by atoms with Crippen LogP contribution < -0.4 is 5.32 Å². The molecule has 118 valence electrons. The largest absolute Gasteiger partial charge is 0.447 e. The summed E-state index contributed by atoms with van der Waals surface area (Å²) in [6, 6.07) is 3.34. The Balaban J connectivity index is 1.73. The number of sulfonamides is 1. The van der Waals surface area contributed by atoms with Gasteiger partial charge in [0.25, 0.3) is 10.0 Å². The summed E-state index contributed by atoms with van der Waals surface area (Å²) >= 11 is 0. The summed E-state index contributed by atoms with van der Waals surface area (Å²) in [5.41, 5.74) is 0. The Morgan fingerprint density at radius 1 is 1.19 bits per heavy atom. The van der Waals surface area contributed by atoms with Gasteiger partial charge >= 0.3 is 0 Å². The molecule has 1 N–H and O–H groups in total. The third kappa shape index (κ3) is 3.87. The SMILES string of the molecule is CCNCc1ccc(S(=O)(=O)N(CC2CC2)CC2CC2)o1. The molecule has 0 amide bonds. The number of nitrogens with one attached hydrogen (secondary N) is 1. The van der Waals surface area contributed by atoms with Crippen molar-refractivity contribution in [2.75, 3.05) is 19.6 Å². The van der Waals surface area contributed by atoms with Crippen molar-refractivity contribution >= 4 is 10.0 Å². The second kappa shape index (κ2) is 6.10. The lowest BCUT2D eigenvalue weighted by molar-refractivity contribution is 0.349. The summed E-state index contributed by atoms with van der Waals surface area (Å²) in [6.45, 7) is 4.72. The number of rotatable bonds is 9. The molecule has 0 radical (unpaired) electrons. The fourth-order valence-electron chi connectivity index (χ4n) is 2.41. The van der Waals surface area contributed by atoms with Crippen LogP contribution in [0.15, 0.2) is 21.6 Å². The molecule has 21 heavy (non-hydrogen) atoms. The fourth-order valence-corrected chi connectivity index (χ4v) is 3.94. The Hall–Kier alpha value is -0.850. The van der Waals surface area contributed by atoms with Crippen molar-refractivity contribution in [1.82, 2.24) is 9.62 Å². The first-order chi connectivity index (χ1) is 10.1. The monoisotopic (exact) mass is 312 g/mol. The summed E-state index contributed by atoms with van der Waals surface area (Å²) in [6.07, 6.45) is 4.61. The second-order valence-corrected chi connectivity index (χ2v) is 8.08. The van der Waals surface area contributed by atoms with Gasteiger partial charge in [0.05, 0.1) is 6.54 Å². The van der Waals surface area contributed by atoms with E-state index < -0.39 is 10.0 Å². The van der Waals surface area contributed by atoms with Gasteiger partial charge < -0.3 is 9.73 Å². The molecule has 0 aromatic carbocycles. The quantitative estimate of drug-likeness (QED) is 0.759. The third-order valence-electron chi connectivity index (χ3n) is 4.10. The van der Waals surface area contributed by atoms with E-state index in [4.69, 9.17) is 4.42 Å². The first-order valence-electron chi connectivity index (χ1n) is 7.89. The highest BCUT2D eigenvalue weighted by atomic mass is 32.2. The van der Waals surface area contributed by atoms with Crippen molar-refractivity contribution < 1.29 is 12.8 Å². The lowest BCUT2D eigenvalue weighted by atomic mass is 10.4. The van der Waals surface area contributed by atoms with Crippen molar-refractivity contribution in [3.63, 3.8) is 0 Å². The van der Waals surface area contributed by atoms with E-state index in [1.165, 1.54) is 0 Å². The molecule has 0 spiro atoms. The minimum Gasteiger partial charge on any atom is -0.447 e. The van der Waals surface area contributed by atoms with Gasteiger partial charge in [-0.3, -0.25) is 0 Å². The van der Waals surface area contributed by atoms with Gasteiger partial charge in [-0.05, 0) is 56.2 Å². The van der Waals surface area contributed by atoms with E-state index in [-0.39, 0.29) is 5.09 Å². The Bertz CT molecular complexity index is 559. The predicted octanol–water partition coefficient (Wildman–Crippen LogP) is 2.20. The zero-order valence-corrected chi connectivity index (χ0v) is 13.4. The molecule has 6 heteroatoms. The van der Waals surface area contributed by atoms with Crippen LogP contribution in [0.3, 0.4) is 0 Å². The van der Waals surface area contributed by atoms with Gasteiger partial charge in [0.2, 0.25) is 5.09 Å². The molecule has 1 aromatic heterocycles. The van der Waals surface area contributed by atoms with Crippen LogP contribution in [0.2, 0.25) is 0 Å². The van der Waals surface area contributed by atoms with Crippen molar-refractivity contribution in [2.45, 2.75) is 44.2 Å². The molecule has 2 saturated carbocycles. The molecule has 0 atom stereocenters. The van der Waals surface area contributed by atoms with E-state index in [1.807, 2.05) is 6.92 Å². The lowest BCUT2D eigenvalue weighted by Crippen LogP contribution is -2.34. The first kappa shape index (κ1) is 15.1. The summed E-state index contributed by atoms with van der Waals surface area (Å²) < 4.78 is 32.7. The molecule has 2 aliphatic carbocycles. The molecule has 1 aromatic rings. The van der Waals surface area contributed by atoms with Crippen molar-refractivity contribution in [3.05, 3.63) is 17.9 Å². The average molecular weight is 312 g/mol. The maximum atomic E-state index is 12.8. The van der Waals surface area contributed by atoms with Gasteiger partial charge in [-0.15, -0.1) is 0 Å². The second-order valence-electron chi connectivity index (χ2n) is 6.21. The van der Waals surface area contributed by atoms with Gasteiger partial charge in [-0.2, -0.15) is 4.31 Å². The third-order valence-corrected chi connectivity index (χ3v) is 5.80. The van der Waals surface area contributed by atoms with Crippen molar-refractivity contribution in [1.29, 1.82) is 0 Å². The molecular weight excluding hydrogens is 288 g/mol. The van der Waals surface area contributed by atoms with Crippen molar-refractivity contribution in [3.8, 4) is 0 Å². The Kier molecular flexibility index (Phi) is 4.38. The summed E-state index contributed by atoms with van der Waals surface area (Å²) in [5, 5.41) is 3.23. The maximum absolute atomic E-state index is 12.8. The summed E-state index contributed by atoms with van der Waals surface area (Å²) in [5.74, 6) is 1.78. The van der Waals surface area contributed by atoms with Crippen LogP contribution in [0.4, 0.5) is 0 Å². The molecule has 0 unspecified atom stereocenters. The van der Waals surface area contributed by atoms with Crippen LogP contribution in [0.1, 0.15) is 38.4 Å². The van der Waals surface area contributed by atoms with Gasteiger partial charge in [-0.1, -0.05) is 6.92 Å². The molecule has 3 rings (SSSR count). The standard InChI is InChI=1S/C15H24N2O3S/c1-2-16-9-14-7-8-15(20-14)21(18,19)17(10-12-3-4-12)11-13-5-6-13/h7-8,12-13,16H,2-6,9-11H2,1H3. The van der Waals surface area contributed by atoms with E-state index >= 15 is 0 Å². The van der Waals surface area contributed by atoms with Gasteiger partial charge in [-0.25, -0.2) is 8.42 Å². The number of furan rings is 1. The van der Waals surface area contributed by atoms with Crippen LogP contribution in [0.5, 0.6) is 0 Å². The Morgan fingerprint density at radius 2 is 1.81 bits per heavy atom. The van der Waals surface area contributed by atoms with Gasteiger partial charge in [0.15, 0.2) is 0 Å². The lowest BCUT2D eigenvalue weighted by Gasteiger charge is -2.20. The Labute approximate surface area is 126 Å². The van der Waals surface area contributed by atoms with Crippen LogP contribution >= 0.6 is 0 Å². The molecule has 5 nitrogen and oxygen atoms in total. The minimum absolute atomic E-state index is 0.0942. The topological polar surface area (TPSA) is 62.6 Å². The number of hydrogen-bond donors (Lipinski definition) is 1. The van der Waals surface area contributed by atoms with E-state index in [2.05, 4.69) is 5.32 Å². The molecule has 0 bridgehead atoms. The van der Waals surface area contributed by atoms with Crippen LogP contribution in [0, 0.1) is 11.8 Å². The molecule has 1 heterocycles. The summed E-state index contributed by atoms with van der Waals surface area (Å²) in [7, 11) is -3.48. The number of nitrogens with zero attached hydrogens (tertiary/aromatic N) is 1. The van der Waals surface area contributed by atoms with Crippen LogP contribution in [-0.4, -0.2) is 32.4 Å². The summed E-state index contributed by atoms with van der Waals surface area (Å²) in [4.78, 5) is 0. The molecule has 2 fully saturated rings. The highest BCUT2D eigenvalue weighted by Crippen LogP contribution is 2.36. The van der Waals surface area contributed by atoms with E-state index in [0.717, 1.165) is 32.2 Å². The number of hydrogen-bond acceptors (Lipinski definition) is 4. The molecule has 2 aliphatic rings. The van der Waals surface area contributed by atoms with Gasteiger partial charge in [0, 0.05) is 13.1 Å². The van der Waals surface area contributed by atoms with Crippen LogP contribution in [0.25, 0.3) is 0 Å². The zero-order valence-electron chi connectivity index (χ0n) is 12.5. The predicted molar refractivity (Wildman–Crippen MR) is 80.3 cm³/mol. The molecule has 0 aliphatic heterocycles. The maximum Gasteiger partial charge on any atom is 0.276 e. The normalized spacial score (nSPS) is 19.3. The van der Waals surface area contributed by atoms with E-state index in [9.17, 15) is 8.42 Å². The highest BCUT2D eigenvalue weighted by Gasteiger charge is 2.37. The van der Waals surface area contributed by atoms with Crippen LogP contribution in [-0.2, 0) is 16.6 Å². The minimum atomic E-state index is -3.48. The smallest absolute Gasteiger partial charge is 0.276 e. The van der Waals surface area contributed by atoms with Gasteiger partial charge in [0.1, 0.15) is 5.76 Å².